The van der Waals surface area contributed by atoms with Gasteiger partial charge in [0.15, 0.2) is 5.82 Å². The SMILES string of the molecule is Cc1ncc([N+](=O)[O-])n1CCOC(=O)c1ccc(CCl)cc1. The molecule has 0 amide bonds. The summed E-state index contributed by atoms with van der Waals surface area (Å²) in [7, 11) is 0. The fraction of sp³-hybridized carbons (Fsp3) is 0.286. The van der Waals surface area contributed by atoms with E-state index in [1.54, 1.807) is 31.2 Å². The monoisotopic (exact) mass is 323 g/mol. The largest absolute Gasteiger partial charge is 0.458 e. The number of hydrogen-bond acceptors (Lipinski definition) is 5. The summed E-state index contributed by atoms with van der Waals surface area (Å²) in [4.78, 5) is 26.1. The molecule has 0 aliphatic heterocycles. The molecule has 0 atom stereocenters. The van der Waals surface area contributed by atoms with Crippen LogP contribution in [0.15, 0.2) is 30.5 Å². The Morgan fingerprint density at radius 3 is 2.68 bits per heavy atom. The van der Waals surface area contributed by atoms with E-state index in [1.165, 1.54) is 10.8 Å². The molecule has 0 saturated heterocycles. The number of ether oxygens (including phenoxy) is 1. The predicted octanol–water partition coefficient (Wildman–Crippen LogP) is 2.70. The molecular formula is C14H14ClN3O4. The Labute approximate surface area is 131 Å². The molecular weight excluding hydrogens is 310 g/mol. The van der Waals surface area contributed by atoms with E-state index < -0.39 is 10.9 Å². The van der Waals surface area contributed by atoms with Crippen molar-refractivity contribution in [3.05, 3.63) is 57.5 Å². The minimum Gasteiger partial charge on any atom is -0.458 e. The molecule has 0 fully saturated rings. The zero-order valence-electron chi connectivity index (χ0n) is 11.9. The van der Waals surface area contributed by atoms with Gasteiger partial charge in [0.25, 0.3) is 0 Å². The standard InChI is InChI=1S/C14H14ClN3O4/c1-10-16-9-13(18(20)21)17(10)6-7-22-14(19)12-4-2-11(8-15)3-5-12/h2-5,9H,6-8H2,1H3. The van der Waals surface area contributed by atoms with Gasteiger partial charge in [-0.05, 0) is 22.6 Å². The number of imidazole rings is 1. The number of aromatic nitrogens is 2. The number of carbonyl (C=O) groups is 1. The lowest BCUT2D eigenvalue weighted by Crippen LogP contribution is -2.13. The number of halogens is 1. The molecule has 22 heavy (non-hydrogen) atoms. The van der Waals surface area contributed by atoms with Crippen molar-refractivity contribution >= 4 is 23.4 Å². The molecule has 7 nitrogen and oxygen atoms in total. The average molecular weight is 324 g/mol. The summed E-state index contributed by atoms with van der Waals surface area (Å²) in [5.41, 5.74) is 1.31. The molecule has 1 aromatic carbocycles. The minimum absolute atomic E-state index is 0.0220. The van der Waals surface area contributed by atoms with E-state index in [0.717, 1.165) is 5.56 Å². The number of rotatable bonds is 6. The lowest BCUT2D eigenvalue weighted by Gasteiger charge is -2.06. The summed E-state index contributed by atoms with van der Waals surface area (Å²) in [6.45, 7) is 1.85. The summed E-state index contributed by atoms with van der Waals surface area (Å²) in [6.07, 6.45) is 1.18. The summed E-state index contributed by atoms with van der Waals surface area (Å²) in [6, 6.07) is 6.75. The number of hydrogen-bond donors (Lipinski definition) is 0. The quantitative estimate of drug-likeness (QED) is 0.353. The Hall–Kier alpha value is -2.41. The molecule has 0 bridgehead atoms. The first-order valence-corrected chi connectivity index (χ1v) is 7.05. The first-order chi connectivity index (χ1) is 10.5. The highest BCUT2D eigenvalue weighted by molar-refractivity contribution is 6.17. The van der Waals surface area contributed by atoms with Crippen LogP contribution in [0.1, 0.15) is 21.7 Å². The summed E-state index contributed by atoms with van der Waals surface area (Å²) in [5, 5.41) is 10.8. The van der Waals surface area contributed by atoms with Crippen LogP contribution in [-0.4, -0.2) is 27.1 Å². The molecule has 0 aliphatic rings. The van der Waals surface area contributed by atoms with Crippen LogP contribution in [0.4, 0.5) is 5.82 Å². The van der Waals surface area contributed by atoms with Gasteiger partial charge in [0.2, 0.25) is 0 Å². The van der Waals surface area contributed by atoms with Gasteiger partial charge >= 0.3 is 11.8 Å². The number of esters is 1. The topological polar surface area (TPSA) is 87.3 Å². The van der Waals surface area contributed by atoms with Gasteiger partial charge < -0.3 is 14.9 Å². The molecule has 2 aromatic rings. The first kappa shape index (κ1) is 16.0. The number of aryl methyl sites for hydroxylation is 1. The zero-order valence-corrected chi connectivity index (χ0v) is 12.6. The van der Waals surface area contributed by atoms with Crippen molar-refractivity contribution in [3.63, 3.8) is 0 Å². The van der Waals surface area contributed by atoms with E-state index in [9.17, 15) is 14.9 Å². The van der Waals surface area contributed by atoms with Crippen molar-refractivity contribution in [1.29, 1.82) is 0 Å². The molecule has 0 N–H and O–H groups in total. The molecule has 116 valence electrons. The number of nitrogens with zero attached hydrogens (tertiary/aromatic N) is 3. The van der Waals surface area contributed by atoms with Crippen molar-refractivity contribution in [3.8, 4) is 0 Å². The van der Waals surface area contributed by atoms with Gasteiger partial charge in [0, 0.05) is 12.8 Å². The lowest BCUT2D eigenvalue weighted by atomic mass is 10.1. The maximum Gasteiger partial charge on any atom is 0.342 e. The van der Waals surface area contributed by atoms with E-state index >= 15 is 0 Å². The Balaban J connectivity index is 1.94. The third kappa shape index (κ3) is 3.62. The first-order valence-electron chi connectivity index (χ1n) is 6.51. The Kier molecular flexibility index (Phi) is 5.11. The Morgan fingerprint density at radius 1 is 1.41 bits per heavy atom. The highest BCUT2D eigenvalue weighted by atomic mass is 35.5. The summed E-state index contributed by atoms with van der Waals surface area (Å²) in [5.74, 6) is 0.259. The van der Waals surface area contributed by atoms with Crippen molar-refractivity contribution < 1.29 is 14.5 Å². The van der Waals surface area contributed by atoms with Crippen LogP contribution in [0.25, 0.3) is 0 Å². The van der Waals surface area contributed by atoms with Crippen LogP contribution < -0.4 is 0 Å². The second kappa shape index (κ2) is 7.04. The van der Waals surface area contributed by atoms with Crippen LogP contribution in [0.5, 0.6) is 0 Å². The lowest BCUT2D eigenvalue weighted by molar-refractivity contribution is -0.392. The van der Waals surface area contributed by atoms with Crippen molar-refractivity contribution in [1.82, 2.24) is 9.55 Å². The number of benzene rings is 1. The maximum absolute atomic E-state index is 11.9. The molecule has 0 radical (unpaired) electrons. The molecule has 0 aliphatic carbocycles. The minimum atomic E-state index is -0.521. The molecule has 1 heterocycles. The number of carbonyl (C=O) groups excluding carboxylic acids is 1. The van der Waals surface area contributed by atoms with Crippen LogP contribution in [0.2, 0.25) is 0 Å². The van der Waals surface area contributed by atoms with E-state index in [4.69, 9.17) is 16.3 Å². The average Bonchev–Trinajstić information content (AvgIpc) is 2.88. The third-order valence-electron chi connectivity index (χ3n) is 3.11. The van der Waals surface area contributed by atoms with Crippen LogP contribution in [-0.2, 0) is 17.2 Å². The highest BCUT2D eigenvalue weighted by Gasteiger charge is 2.17. The van der Waals surface area contributed by atoms with Gasteiger partial charge in [-0.15, -0.1) is 11.6 Å². The van der Waals surface area contributed by atoms with Gasteiger partial charge in [-0.1, -0.05) is 12.1 Å². The molecule has 2 rings (SSSR count). The second-order valence-electron chi connectivity index (χ2n) is 4.54. The smallest absolute Gasteiger partial charge is 0.342 e. The van der Waals surface area contributed by atoms with Gasteiger partial charge in [-0.3, -0.25) is 0 Å². The van der Waals surface area contributed by atoms with Crippen LogP contribution in [0.3, 0.4) is 0 Å². The van der Waals surface area contributed by atoms with Crippen molar-refractivity contribution in [2.45, 2.75) is 19.3 Å². The maximum atomic E-state index is 11.9. The highest BCUT2D eigenvalue weighted by Crippen LogP contribution is 2.13. The van der Waals surface area contributed by atoms with Gasteiger partial charge in [0.1, 0.15) is 19.3 Å². The fourth-order valence-electron chi connectivity index (χ4n) is 1.92. The Morgan fingerprint density at radius 2 is 2.09 bits per heavy atom. The van der Waals surface area contributed by atoms with Gasteiger partial charge in [-0.25, -0.2) is 14.3 Å². The van der Waals surface area contributed by atoms with E-state index in [-0.39, 0.29) is 19.0 Å². The molecule has 1 aromatic heterocycles. The Bertz CT molecular complexity index is 682. The number of alkyl halides is 1. The summed E-state index contributed by atoms with van der Waals surface area (Å²) >= 11 is 5.67. The molecule has 8 heteroatoms. The summed E-state index contributed by atoms with van der Waals surface area (Å²) < 4.78 is 6.51. The molecule has 0 saturated carbocycles. The van der Waals surface area contributed by atoms with Gasteiger partial charge in [0.05, 0.1) is 5.56 Å². The van der Waals surface area contributed by atoms with E-state index in [1.807, 2.05) is 0 Å². The predicted molar refractivity (Wildman–Crippen MR) is 79.9 cm³/mol. The molecule has 0 unspecified atom stereocenters. The van der Waals surface area contributed by atoms with E-state index in [0.29, 0.717) is 17.3 Å². The molecule has 0 spiro atoms. The second-order valence-corrected chi connectivity index (χ2v) is 4.81. The third-order valence-corrected chi connectivity index (χ3v) is 3.42. The zero-order chi connectivity index (χ0) is 16.1. The normalized spacial score (nSPS) is 10.5. The van der Waals surface area contributed by atoms with Crippen molar-refractivity contribution in [2.24, 2.45) is 0 Å². The van der Waals surface area contributed by atoms with Crippen LogP contribution >= 0.6 is 11.6 Å². The fourth-order valence-corrected chi connectivity index (χ4v) is 2.10. The van der Waals surface area contributed by atoms with Gasteiger partial charge in [-0.2, -0.15) is 0 Å². The van der Waals surface area contributed by atoms with E-state index in [2.05, 4.69) is 4.98 Å². The van der Waals surface area contributed by atoms with Crippen molar-refractivity contribution in [2.75, 3.05) is 6.61 Å². The number of nitro groups is 1. The van der Waals surface area contributed by atoms with Crippen LogP contribution in [0, 0.1) is 17.0 Å².